The van der Waals surface area contributed by atoms with Crippen molar-refractivity contribution in [1.29, 1.82) is 0 Å². The molecular weight excluding hydrogens is 283 g/mol. The molecular formula is C15H12F3NO2. The van der Waals surface area contributed by atoms with Crippen molar-refractivity contribution in [2.24, 2.45) is 0 Å². The van der Waals surface area contributed by atoms with E-state index in [1.807, 2.05) is 0 Å². The number of halogens is 3. The van der Waals surface area contributed by atoms with Crippen molar-refractivity contribution in [3.8, 4) is 0 Å². The monoisotopic (exact) mass is 295 g/mol. The molecule has 0 saturated heterocycles. The van der Waals surface area contributed by atoms with Crippen LogP contribution in [0.2, 0.25) is 0 Å². The molecule has 0 aliphatic rings. The molecule has 0 spiro atoms. The summed E-state index contributed by atoms with van der Waals surface area (Å²) in [6.45, 7) is 1.65. The van der Waals surface area contributed by atoms with E-state index in [1.54, 1.807) is 6.92 Å². The van der Waals surface area contributed by atoms with Crippen LogP contribution in [0, 0.1) is 24.4 Å². The van der Waals surface area contributed by atoms with Gasteiger partial charge in [-0.25, -0.2) is 18.0 Å². The predicted molar refractivity (Wildman–Crippen MR) is 71.8 cm³/mol. The Hall–Kier alpha value is -2.50. The van der Waals surface area contributed by atoms with Crippen LogP contribution in [0.5, 0.6) is 0 Å². The molecule has 3 nitrogen and oxygen atoms in total. The predicted octanol–water partition coefficient (Wildman–Crippen LogP) is 3.72. The fraction of sp³-hybridized carbons (Fsp3) is 0.133. The van der Waals surface area contributed by atoms with Gasteiger partial charge in [-0.05, 0) is 36.8 Å². The van der Waals surface area contributed by atoms with Crippen molar-refractivity contribution in [1.82, 2.24) is 0 Å². The van der Waals surface area contributed by atoms with Crippen molar-refractivity contribution in [2.45, 2.75) is 13.5 Å². The summed E-state index contributed by atoms with van der Waals surface area (Å²) in [4.78, 5) is 10.8. The van der Waals surface area contributed by atoms with Crippen LogP contribution in [-0.4, -0.2) is 11.1 Å². The minimum atomic E-state index is -1.24. The highest BCUT2D eigenvalue weighted by Crippen LogP contribution is 2.19. The number of aromatic carboxylic acids is 1. The van der Waals surface area contributed by atoms with E-state index >= 15 is 0 Å². The molecule has 0 radical (unpaired) electrons. The topological polar surface area (TPSA) is 49.3 Å². The van der Waals surface area contributed by atoms with Crippen LogP contribution in [0.1, 0.15) is 21.5 Å². The summed E-state index contributed by atoms with van der Waals surface area (Å²) in [6.07, 6.45) is 0. The number of anilines is 1. The standard InChI is InChI=1S/C15H12F3NO2/c1-8-4-9(15(20)21)2-3-14(8)19-7-10-5-12(17)13(18)6-11(10)16/h2-6,19H,7H2,1H3,(H,20,21). The first-order valence-electron chi connectivity index (χ1n) is 6.09. The Labute approximate surface area is 119 Å². The first-order chi connectivity index (χ1) is 9.88. The minimum Gasteiger partial charge on any atom is -0.478 e. The number of benzene rings is 2. The first-order valence-corrected chi connectivity index (χ1v) is 6.09. The SMILES string of the molecule is Cc1cc(C(=O)O)ccc1NCc1cc(F)c(F)cc1F. The molecule has 2 aromatic carbocycles. The summed E-state index contributed by atoms with van der Waals surface area (Å²) in [7, 11) is 0. The summed E-state index contributed by atoms with van der Waals surface area (Å²) in [5.74, 6) is -4.25. The number of rotatable bonds is 4. The third-order valence-corrected chi connectivity index (χ3v) is 3.03. The number of nitrogens with one attached hydrogen (secondary N) is 1. The van der Waals surface area contributed by atoms with Crippen LogP contribution in [0.25, 0.3) is 0 Å². The number of hydrogen-bond donors (Lipinski definition) is 2. The smallest absolute Gasteiger partial charge is 0.335 e. The van der Waals surface area contributed by atoms with Gasteiger partial charge in [0.15, 0.2) is 11.6 Å². The molecule has 0 aromatic heterocycles. The largest absolute Gasteiger partial charge is 0.478 e. The number of carboxylic acids is 1. The van der Waals surface area contributed by atoms with Crippen LogP contribution < -0.4 is 5.32 Å². The van der Waals surface area contributed by atoms with E-state index < -0.39 is 23.4 Å². The van der Waals surface area contributed by atoms with Crippen molar-refractivity contribution in [2.75, 3.05) is 5.32 Å². The van der Waals surface area contributed by atoms with Gasteiger partial charge < -0.3 is 10.4 Å². The van der Waals surface area contributed by atoms with Crippen LogP contribution in [0.15, 0.2) is 30.3 Å². The number of carbonyl (C=O) groups is 1. The Balaban J connectivity index is 2.17. The maximum absolute atomic E-state index is 13.5. The Kier molecular flexibility index (Phi) is 4.16. The number of hydrogen-bond acceptors (Lipinski definition) is 2. The average Bonchev–Trinajstić information content (AvgIpc) is 2.42. The van der Waals surface area contributed by atoms with Gasteiger partial charge in [0.05, 0.1) is 5.56 Å². The fourth-order valence-corrected chi connectivity index (χ4v) is 1.88. The molecule has 21 heavy (non-hydrogen) atoms. The quantitative estimate of drug-likeness (QED) is 0.845. The molecule has 0 bridgehead atoms. The zero-order valence-corrected chi connectivity index (χ0v) is 11.1. The number of aryl methyl sites for hydroxylation is 1. The third-order valence-electron chi connectivity index (χ3n) is 3.03. The summed E-state index contributed by atoms with van der Waals surface area (Å²) in [5, 5.41) is 11.7. The molecule has 0 atom stereocenters. The lowest BCUT2D eigenvalue weighted by Gasteiger charge is -2.11. The molecule has 2 N–H and O–H groups in total. The van der Waals surface area contributed by atoms with E-state index in [4.69, 9.17) is 5.11 Å². The Morgan fingerprint density at radius 3 is 2.38 bits per heavy atom. The molecule has 6 heteroatoms. The summed E-state index contributed by atoms with van der Waals surface area (Å²) >= 11 is 0. The zero-order valence-electron chi connectivity index (χ0n) is 11.1. The Bertz CT molecular complexity index is 702. The lowest BCUT2D eigenvalue weighted by Crippen LogP contribution is -2.06. The van der Waals surface area contributed by atoms with E-state index in [9.17, 15) is 18.0 Å². The van der Waals surface area contributed by atoms with Gasteiger partial charge in [-0.15, -0.1) is 0 Å². The molecule has 0 unspecified atom stereocenters. The maximum Gasteiger partial charge on any atom is 0.335 e. The van der Waals surface area contributed by atoms with E-state index in [-0.39, 0.29) is 17.7 Å². The van der Waals surface area contributed by atoms with Crippen molar-refractivity contribution in [3.63, 3.8) is 0 Å². The highest BCUT2D eigenvalue weighted by Gasteiger charge is 2.10. The van der Waals surface area contributed by atoms with Gasteiger partial charge in [0, 0.05) is 23.9 Å². The van der Waals surface area contributed by atoms with Crippen LogP contribution in [0.4, 0.5) is 18.9 Å². The van der Waals surface area contributed by atoms with Gasteiger partial charge in [0.2, 0.25) is 0 Å². The summed E-state index contributed by atoms with van der Waals surface area (Å²) in [5.41, 5.74) is 1.36. The Morgan fingerprint density at radius 1 is 1.10 bits per heavy atom. The third kappa shape index (κ3) is 3.34. The van der Waals surface area contributed by atoms with Crippen molar-refractivity contribution >= 4 is 11.7 Å². The van der Waals surface area contributed by atoms with Gasteiger partial charge in [0.1, 0.15) is 5.82 Å². The second-order valence-electron chi connectivity index (χ2n) is 4.55. The summed E-state index contributed by atoms with van der Waals surface area (Å²) in [6, 6.07) is 5.69. The second kappa shape index (κ2) is 5.87. The average molecular weight is 295 g/mol. The number of carboxylic acid groups (broad SMARTS) is 1. The van der Waals surface area contributed by atoms with Gasteiger partial charge in [-0.3, -0.25) is 0 Å². The molecule has 2 rings (SSSR count). The van der Waals surface area contributed by atoms with E-state index in [0.717, 1.165) is 6.07 Å². The van der Waals surface area contributed by atoms with Crippen molar-refractivity contribution in [3.05, 3.63) is 64.5 Å². The highest BCUT2D eigenvalue weighted by molar-refractivity contribution is 5.88. The van der Waals surface area contributed by atoms with Gasteiger partial charge in [-0.1, -0.05) is 0 Å². The zero-order chi connectivity index (χ0) is 15.6. The fourth-order valence-electron chi connectivity index (χ4n) is 1.88. The van der Waals surface area contributed by atoms with E-state index in [2.05, 4.69) is 5.32 Å². The molecule has 0 aliphatic heterocycles. The highest BCUT2D eigenvalue weighted by atomic mass is 19.2. The molecule has 0 heterocycles. The van der Waals surface area contributed by atoms with Crippen LogP contribution in [0.3, 0.4) is 0 Å². The normalized spacial score (nSPS) is 10.5. The molecule has 2 aromatic rings. The van der Waals surface area contributed by atoms with E-state index in [1.165, 1.54) is 18.2 Å². The minimum absolute atomic E-state index is 0.0180. The lowest BCUT2D eigenvalue weighted by atomic mass is 10.1. The van der Waals surface area contributed by atoms with Crippen LogP contribution >= 0.6 is 0 Å². The maximum atomic E-state index is 13.5. The second-order valence-corrected chi connectivity index (χ2v) is 4.55. The lowest BCUT2D eigenvalue weighted by molar-refractivity contribution is 0.0697. The molecule has 0 aliphatic carbocycles. The van der Waals surface area contributed by atoms with Gasteiger partial charge >= 0.3 is 5.97 Å². The van der Waals surface area contributed by atoms with Crippen LogP contribution in [-0.2, 0) is 6.54 Å². The van der Waals surface area contributed by atoms with Gasteiger partial charge in [0.25, 0.3) is 0 Å². The first kappa shape index (κ1) is 14.9. The molecule has 0 amide bonds. The Morgan fingerprint density at radius 2 is 1.76 bits per heavy atom. The van der Waals surface area contributed by atoms with Gasteiger partial charge in [-0.2, -0.15) is 0 Å². The van der Waals surface area contributed by atoms with Crippen molar-refractivity contribution < 1.29 is 23.1 Å². The molecule has 110 valence electrons. The molecule has 0 fully saturated rings. The van der Waals surface area contributed by atoms with E-state index in [0.29, 0.717) is 17.3 Å². The summed E-state index contributed by atoms with van der Waals surface area (Å²) < 4.78 is 39.4. The molecule has 0 saturated carbocycles.